The van der Waals surface area contributed by atoms with Gasteiger partial charge in [-0.25, -0.2) is 4.99 Å². The van der Waals surface area contributed by atoms with Gasteiger partial charge in [-0.15, -0.1) is 0 Å². The number of benzene rings is 3. The lowest BCUT2D eigenvalue weighted by molar-refractivity contribution is 0.101. The molecule has 0 unspecified atom stereocenters. The quantitative estimate of drug-likeness (QED) is 0.502. The number of aliphatic imine (C=N–C) groups is 1. The van der Waals surface area contributed by atoms with Gasteiger partial charge in [0.25, 0.3) is 5.91 Å². The third-order valence-electron chi connectivity index (χ3n) is 4.14. The Labute approximate surface area is 148 Å². The Hall–Kier alpha value is -2.94. The van der Waals surface area contributed by atoms with Crippen molar-refractivity contribution in [1.82, 2.24) is 0 Å². The van der Waals surface area contributed by atoms with Gasteiger partial charge in [-0.1, -0.05) is 70.2 Å². The smallest absolute Gasteiger partial charge is 0.264 e. The van der Waals surface area contributed by atoms with Crippen molar-refractivity contribution in [3.05, 3.63) is 71.8 Å². The molecule has 2 aliphatic rings. The predicted molar refractivity (Wildman–Crippen MR) is 106 cm³/mol. The molecule has 0 aromatic heterocycles. The Morgan fingerprint density at radius 2 is 1.40 bits per heavy atom. The van der Waals surface area contributed by atoms with Crippen LogP contribution in [0.25, 0.3) is 10.8 Å². The molecule has 0 fully saturated rings. The molecule has 126 valence electrons. The fourth-order valence-corrected chi connectivity index (χ4v) is 3.23. The molecule has 2 heterocycles. The van der Waals surface area contributed by atoms with E-state index in [-0.39, 0.29) is 5.91 Å². The molecule has 25 heavy (non-hydrogen) atoms. The van der Waals surface area contributed by atoms with E-state index in [1.165, 1.54) is 0 Å². The largest absolute Gasteiger partial charge is 0.268 e. The van der Waals surface area contributed by atoms with Crippen LogP contribution in [0.5, 0.6) is 0 Å². The van der Waals surface area contributed by atoms with Crippen LogP contribution >= 0.6 is 0 Å². The lowest BCUT2D eigenvalue weighted by Gasteiger charge is -2.24. The molecule has 5 rings (SSSR count). The zero-order valence-corrected chi connectivity index (χ0v) is 15.1. The minimum absolute atomic E-state index is 0.00588. The number of amides is 1. The first-order valence-corrected chi connectivity index (χ1v) is 8.89. The van der Waals surface area contributed by atoms with Gasteiger partial charge in [-0.3, -0.25) is 9.69 Å². The zero-order chi connectivity index (χ0) is 18.0. The lowest BCUT2D eigenvalue weighted by atomic mass is 10.0. The van der Waals surface area contributed by atoms with Crippen molar-refractivity contribution >= 4 is 33.9 Å². The second-order valence-corrected chi connectivity index (χ2v) is 5.27. The van der Waals surface area contributed by atoms with E-state index in [1.807, 2.05) is 76.2 Å². The first kappa shape index (κ1) is 16.9. The summed E-state index contributed by atoms with van der Waals surface area (Å²) in [5.74, 6) is 0.744. The van der Waals surface area contributed by atoms with Crippen LogP contribution in [0.1, 0.15) is 43.6 Å². The summed E-state index contributed by atoms with van der Waals surface area (Å²) in [4.78, 5) is 19.2. The second-order valence-electron chi connectivity index (χ2n) is 5.27. The molecule has 0 bridgehead atoms. The van der Waals surface area contributed by atoms with E-state index < -0.39 is 0 Å². The summed E-state index contributed by atoms with van der Waals surface area (Å²) >= 11 is 0. The maximum atomic E-state index is 12.7. The number of fused-ring (bicyclic) bond motifs is 4. The van der Waals surface area contributed by atoms with Crippen molar-refractivity contribution in [3.8, 4) is 0 Å². The van der Waals surface area contributed by atoms with Crippen LogP contribution in [0.3, 0.4) is 0 Å². The van der Waals surface area contributed by atoms with Crippen LogP contribution in [-0.4, -0.2) is 11.7 Å². The van der Waals surface area contributed by atoms with E-state index in [1.54, 1.807) is 4.90 Å². The highest BCUT2D eigenvalue weighted by Crippen LogP contribution is 2.42. The molecular formula is C22H22N2O. The molecule has 1 amide bonds. The number of rotatable bonds is 0. The van der Waals surface area contributed by atoms with Crippen LogP contribution in [0, 0.1) is 0 Å². The van der Waals surface area contributed by atoms with Gasteiger partial charge in [0.05, 0.1) is 16.9 Å². The maximum Gasteiger partial charge on any atom is 0.264 e. The Balaban J connectivity index is 0.000000428. The summed E-state index contributed by atoms with van der Waals surface area (Å²) in [6.07, 6.45) is 0. The number of hydrogen-bond acceptors (Lipinski definition) is 2. The van der Waals surface area contributed by atoms with Gasteiger partial charge in [0, 0.05) is 10.9 Å². The molecule has 0 spiro atoms. The SMILES string of the molecule is CC.CC.O=C1c2ccccc2C2=Nc3cccc4cccc(c34)N12. The highest BCUT2D eigenvalue weighted by molar-refractivity contribution is 6.39. The fourth-order valence-electron chi connectivity index (χ4n) is 3.23. The summed E-state index contributed by atoms with van der Waals surface area (Å²) in [6, 6.07) is 19.7. The zero-order valence-electron chi connectivity index (χ0n) is 15.1. The van der Waals surface area contributed by atoms with Gasteiger partial charge in [0.1, 0.15) is 5.84 Å². The molecule has 3 aromatic carbocycles. The van der Waals surface area contributed by atoms with E-state index in [0.29, 0.717) is 0 Å². The number of anilines is 1. The normalized spacial score (nSPS) is 13.0. The summed E-state index contributed by atoms with van der Waals surface area (Å²) in [7, 11) is 0. The molecule has 3 heteroatoms. The number of hydrogen-bond donors (Lipinski definition) is 0. The predicted octanol–water partition coefficient (Wildman–Crippen LogP) is 5.94. The minimum atomic E-state index is 0.00588. The molecule has 0 aliphatic carbocycles. The van der Waals surface area contributed by atoms with Crippen molar-refractivity contribution in [2.24, 2.45) is 4.99 Å². The van der Waals surface area contributed by atoms with E-state index in [2.05, 4.69) is 12.1 Å². The molecule has 0 saturated carbocycles. The summed E-state index contributed by atoms with van der Waals surface area (Å²) in [5, 5.41) is 2.15. The highest BCUT2D eigenvalue weighted by Gasteiger charge is 2.37. The van der Waals surface area contributed by atoms with E-state index in [0.717, 1.165) is 39.1 Å². The molecule has 0 radical (unpaired) electrons. The molecule has 3 nitrogen and oxygen atoms in total. The van der Waals surface area contributed by atoms with E-state index >= 15 is 0 Å². The van der Waals surface area contributed by atoms with Crippen molar-refractivity contribution in [3.63, 3.8) is 0 Å². The lowest BCUT2D eigenvalue weighted by Crippen LogP contribution is -2.31. The van der Waals surface area contributed by atoms with Crippen molar-refractivity contribution < 1.29 is 4.79 Å². The monoisotopic (exact) mass is 330 g/mol. The highest BCUT2D eigenvalue weighted by atomic mass is 16.2. The van der Waals surface area contributed by atoms with Crippen molar-refractivity contribution in [2.75, 3.05) is 4.90 Å². The van der Waals surface area contributed by atoms with Gasteiger partial charge in [-0.05, 0) is 23.6 Å². The second kappa shape index (κ2) is 6.89. The van der Waals surface area contributed by atoms with Crippen LogP contribution in [0.4, 0.5) is 11.4 Å². The van der Waals surface area contributed by atoms with Crippen molar-refractivity contribution in [2.45, 2.75) is 27.7 Å². The van der Waals surface area contributed by atoms with E-state index in [9.17, 15) is 4.79 Å². The van der Waals surface area contributed by atoms with Crippen molar-refractivity contribution in [1.29, 1.82) is 0 Å². The van der Waals surface area contributed by atoms with E-state index in [4.69, 9.17) is 4.99 Å². The third-order valence-corrected chi connectivity index (χ3v) is 4.14. The van der Waals surface area contributed by atoms with Crippen LogP contribution in [-0.2, 0) is 0 Å². The first-order valence-electron chi connectivity index (χ1n) is 8.89. The molecule has 0 N–H and O–H groups in total. The third kappa shape index (κ3) is 2.43. The summed E-state index contributed by atoms with van der Waals surface area (Å²) in [6.45, 7) is 8.00. The molecule has 3 aromatic rings. The number of nitrogens with zero attached hydrogens (tertiary/aromatic N) is 2. The minimum Gasteiger partial charge on any atom is -0.268 e. The fraction of sp³-hybridized carbons (Fsp3) is 0.182. The van der Waals surface area contributed by atoms with Gasteiger partial charge < -0.3 is 0 Å². The summed E-state index contributed by atoms with van der Waals surface area (Å²) < 4.78 is 0. The Morgan fingerprint density at radius 1 is 0.760 bits per heavy atom. The van der Waals surface area contributed by atoms with Crippen LogP contribution in [0.15, 0.2) is 65.7 Å². The Morgan fingerprint density at radius 3 is 2.12 bits per heavy atom. The van der Waals surface area contributed by atoms with Gasteiger partial charge in [0.2, 0.25) is 0 Å². The number of carbonyl (C=O) groups excluding carboxylic acids is 1. The van der Waals surface area contributed by atoms with Crippen LogP contribution < -0.4 is 4.90 Å². The first-order chi connectivity index (χ1) is 12.3. The van der Waals surface area contributed by atoms with Gasteiger partial charge in [-0.2, -0.15) is 0 Å². The number of amidine groups is 1. The molecular weight excluding hydrogens is 308 g/mol. The topological polar surface area (TPSA) is 32.7 Å². The Bertz CT molecular complexity index is 967. The average Bonchev–Trinajstić information content (AvgIpc) is 2.98. The number of carbonyl (C=O) groups is 1. The molecule has 0 saturated heterocycles. The van der Waals surface area contributed by atoms with Gasteiger partial charge >= 0.3 is 0 Å². The summed E-state index contributed by atoms with van der Waals surface area (Å²) in [5.41, 5.74) is 3.49. The van der Waals surface area contributed by atoms with Gasteiger partial charge in [0.15, 0.2) is 0 Å². The Kier molecular flexibility index (Phi) is 4.66. The average molecular weight is 330 g/mol. The maximum absolute atomic E-state index is 12.7. The van der Waals surface area contributed by atoms with Crippen LogP contribution in [0.2, 0.25) is 0 Å². The molecule has 0 atom stereocenters. The molecule has 2 aliphatic heterocycles. The standard InChI is InChI=1S/C18H10N2O.2C2H6/c21-18-13-8-2-1-7-12(13)17-19-14-9-3-5-11-6-4-10-15(16(11)14)20(17)18;2*1-2/h1-10H;2*1-2H3.